The van der Waals surface area contributed by atoms with Crippen LogP contribution in [0.25, 0.3) is 0 Å². The van der Waals surface area contributed by atoms with Gasteiger partial charge in [0.05, 0.1) is 30.9 Å². The summed E-state index contributed by atoms with van der Waals surface area (Å²) in [7, 11) is -3.13. The van der Waals surface area contributed by atoms with E-state index in [1.807, 2.05) is 0 Å². The minimum Gasteiger partial charge on any atom is -0.468 e. The van der Waals surface area contributed by atoms with Gasteiger partial charge in [-0.2, -0.15) is 0 Å². The van der Waals surface area contributed by atoms with Crippen LogP contribution in [0.3, 0.4) is 0 Å². The standard InChI is InChI=1S/C17H18F2N2O4S/c18-12-6-13(19)8-14(7-12)20-17(22)10-21(9-16-2-1-4-25-16)15-3-5-26(23,24)11-15/h1-2,4,6-8,15H,3,5,9-11H2,(H,20,22)/t15-/m1/s1. The monoisotopic (exact) mass is 384 g/mol. The number of hydrogen-bond donors (Lipinski definition) is 1. The maximum atomic E-state index is 13.2. The van der Waals surface area contributed by atoms with Crippen LogP contribution in [0.2, 0.25) is 0 Å². The molecule has 1 fully saturated rings. The summed E-state index contributed by atoms with van der Waals surface area (Å²) < 4.78 is 55.3. The van der Waals surface area contributed by atoms with Gasteiger partial charge in [0.2, 0.25) is 5.91 Å². The molecule has 1 saturated heterocycles. The summed E-state index contributed by atoms with van der Waals surface area (Å²) in [5.41, 5.74) is 0.00416. The highest BCUT2D eigenvalue weighted by molar-refractivity contribution is 7.91. The topological polar surface area (TPSA) is 79.6 Å². The van der Waals surface area contributed by atoms with Crippen molar-refractivity contribution in [2.24, 2.45) is 0 Å². The van der Waals surface area contributed by atoms with Crippen LogP contribution in [-0.4, -0.2) is 43.3 Å². The summed E-state index contributed by atoms with van der Waals surface area (Å²) in [6.45, 7) is 0.136. The van der Waals surface area contributed by atoms with Crippen molar-refractivity contribution in [2.45, 2.75) is 19.0 Å². The zero-order valence-corrected chi connectivity index (χ0v) is 14.6. The highest BCUT2D eigenvalue weighted by atomic mass is 32.2. The molecular formula is C17H18F2N2O4S. The smallest absolute Gasteiger partial charge is 0.238 e. The molecule has 1 aliphatic rings. The molecule has 0 spiro atoms. The number of halogens is 2. The molecule has 3 rings (SSSR count). The normalized spacial score (nSPS) is 19.0. The van der Waals surface area contributed by atoms with Crippen molar-refractivity contribution in [3.05, 3.63) is 54.0 Å². The fraction of sp³-hybridized carbons (Fsp3) is 0.353. The number of amides is 1. The molecule has 26 heavy (non-hydrogen) atoms. The molecule has 140 valence electrons. The van der Waals surface area contributed by atoms with E-state index >= 15 is 0 Å². The van der Waals surface area contributed by atoms with Gasteiger partial charge in [0.15, 0.2) is 9.84 Å². The van der Waals surface area contributed by atoms with Gasteiger partial charge in [-0.15, -0.1) is 0 Å². The van der Waals surface area contributed by atoms with E-state index in [4.69, 9.17) is 4.42 Å². The molecule has 6 nitrogen and oxygen atoms in total. The number of carbonyl (C=O) groups is 1. The summed E-state index contributed by atoms with van der Waals surface area (Å²) in [5, 5.41) is 2.44. The molecular weight excluding hydrogens is 366 g/mol. The van der Waals surface area contributed by atoms with Crippen molar-refractivity contribution in [1.82, 2.24) is 4.90 Å². The minimum absolute atomic E-state index is 0.00416. The van der Waals surface area contributed by atoms with Crippen molar-refractivity contribution in [2.75, 3.05) is 23.4 Å². The zero-order chi connectivity index (χ0) is 18.7. The summed E-state index contributed by atoms with van der Waals surface area (Å²) in [6.07, 6.45) is 1.92. The molecule has 1 amide bonds. The summed E-state index contributed by atoms with van der Waals surface area (Å²) in [4.78, 5) is 14.0. The van der Waals surface area contributed by atoms with Crippen LogP contribution in [0.5, 0.6) is 0 Å². The third kappa shape index (κ3) is 4.89. The van der Waals surface area contributed by atoms with Gasteiger partial charge in [-0.3, -0.25) is 9.69 Å². The Morgan fingerprint density at radius 1 is 1.27 bits per heavy atom. The zero-order valence-electron chi connectivity index (χ0n) is 13.8. The van der Waals surface area contributed by atoms with Crippen molar-refractivity contribution in [3.63, 3.8) is 0 Å². The maximum Gasteiger partial charge on any atom is 0.238 e. The van der Waals surface area contributed by atoms with Crippen LogP contribution < -0.4 is 5.32 Å². The second-order valence-electron chi connectivity index (χ2n) is 6.25. The predicted octanol–water partition coefficient (Wildman–Crippen LogP) is 2.19. The molecule has 0 unspecified atom stereocenters. The van der Waals surface area contributed by atoms with E-state index in [9.17, 15) is 22.0 Å². The summed E-state index contributed by atoms with van der Waals surface area (Å²) in [6, 6.07) is 5.85. The third-order valence-electron chi connectivity index (χ3n) is 4.16. The van der Waals surface area contributed by atoms with Crippen LogP contribution in [0.1, 0.15) is 12.2 Å². The Labute approximate surface area is 149 Å². The van der Waals surface area contributed by atoms with Crippen LogP contribution in [0, 0.1) is 11.6 Å². The SMILES string of the molecule is O=C(CN(Cc1ccco1)[C@@H]1CCS(=O)(=O)C1)Nc1cc(F)cc(F)c1. The largest absolute Gasteiger partial charge is 0.468 e. The molecule has 2 aromatic rings. The molecule has 1 aromatic heterocycles. The highest BCUT2D eigenvalue weighted by Gasteiger charge is 2.33. The number of anilines is 1. The Balaban J connectivity index is 1.71. The van der Waals surface area contributed by atoms with E-state index < -0.39 is 27.4 Å². The number of carbonyl (C=O) groups excluding carboxylic acids is 1. The van der Waals surface area contributed by atoms with E-state index in [2.05, 4.69) is 5.32 Å². The third-order valence-corrected chi connectivity index (χ3v) is 5.91. The number of sulfone groups is 1. The Kier molecular flexibility index (Phi) is 5.38. The van der Waals surface area contributed by atoms with Gasteiger partial charge in [-0.05, 0) is 30.7 Å². The lowest BCUT2D eigenvalue weighted by atomic mass is 10.2. The molecule has 0 radical (unpaired) electrons. The van der Waals surface area contributed by atoms with E-state index in [1.165, 1.54) is 6.26 Å². The molecule has 1 aromatic carbocycles. The summed E-state index contributed by atoms with van der Waals surface area (Å²) >= 11 is 0. The first-order valence-electron chi connectivity index (χ1n) is 8.03. The molecule has 0 saturated carbocycles. The van der Waals surface area contributed by atoms with Crippen LogP contribution in [-0.2, 0) is 21.2 Å². The fourth-order valence-electron chi connectivity index (χ4n) is 2.99. The lowest BCUT2D eigenvalue weighted by molar-refractivity contribution is -0.118. The molecule has 0 bridgehead atoms. The Hall–Kier alpha value is -2.26. The van der Waals surface area contributed by atoms with Crippen molar-refractivity contribution < 1.29 is 26.4 Å². The molecule has 0 aliphatic carbocycles. The first-order valence-corrected chi connectivity index (χ1v) is 9.86. The van der Waals surface area contributed by atoms with Gasteiger partial charge >= 0.3 is 0 Å². The first kappa shape index (κ1) is 18.5. The number of benzene rings is 1. The van der Waals surface area contributed by atoms with E-state index in [-0.39, 0.29) is 36.3 Å². The van der Waals surface area contributed by atoms with E-state index in [1.54, 1.807) is 17.0 Å². The van der Waals surface area contributed by atoms with Gasteiger partial charge in [0, 0.05) is 17.8 Å². The minimum atomic E-state index is -3.13. The molecule has 1 N–H and O–H groups in total. The number of nitrogens with zero attached hydrogens (tertiary/aromatic N) is 1. The number of furan rings is 1. The second-order valence-corrected chi connectivity index (χ2v) is 8.48. The van der Waals surface area contributed by atoms with Crippen LogP contribution in [0.15, 0.2) is 41.0 Å². The van der Waals surface area contributed by atoms with Crippen molar-refractivity contribution in [1.29, 1.82) is 0 Å². The average Bonchev–Trinajstić information content (AvgIpc) is 3.14. The number of hydrogen-bond acceptors (Lipinski definition) is 5. The van der Waals surface area contributed by atoms with Crippen molar-refractivity contribution in [3.8, 4) is 0 Å². The number of rotatable bonds is 6. The second kappa shape index (κ2) is 7.55. The number of nitrogens with one attached hydrogen (secondary N) is 1. The van der Waals surface area contributed by atoms with Gasteiger partial charge in [-0.25, -0.2) is 17.2 Å². The molecule has 9 heteroatoms. The van der Waals surface area contributed by atoms with Crippen molar-refractivity contribution >= 4 is 21.4 Å². The van der Waals surface area contributed by atoms with E-state index in [0.29, 0.717) is 18.2 Å². The summed E-state index contributed by atoms with van der Waals surface area (Å²) in [5.74, 6) is -1.45. The van der Waals surface area contributed by atoms with Crippen LogP contribution >= 0.6 is 0 Å². The first-order chi connectivity index (χ1) is 12.3. The average molecular weight is 384 g/mol. The molecule has 1 atom stereocenters. The molecule has 2 heterocycles. The maximum absolute atomic E-state index is 13.2. The fourth-order valence-corrected chi connectivity index (χ4v) is 4.75. The lowest BCUT2D eigenvalue weighted by Gasteiger charge is -2.26. The van der Waals surface area contributed by atoms with Gasteiger partial charge in [0.25, 0.3) is 0 Å². The van der Waals surface area contributed by atoms with Gasteiger partial charge in [0.1, 0.15) is 17.4 Å². The van der Waals surface area contributed by atoms with Crippen LogP contribution in [0.4, 0.5) is 14.5 Å². The lowest BCUT2D eigenvalue weighted by Crippen LogP contribution is -2.41. The Morgan fingerprint density at radius 2 is 2.00 bits per heavy atom. The highest BCUT2D eigenvalue weighted by Crippen LogP contribution is 2.20. The predicted molar refractivity (Wildman–Crippen MR) is 91.2 cm³/mol. The Morgan fingerprint density at radius 3 is 2.58 bits per heavy atom. The molecule has 1 aliphatic heterocycles. The quantitative estimate of drug-likeness (QED) is 0.826. The van der Waals surface area contributed by atoms with Gasteiger partial charge in [-0.1, -0.05) is 0 Å². The van der Waals surface area contributed by atoms with E-state index in [0.717, 1.165) is 12.1 Å². The Bertz CT molecular complexity index is 864. The van der Waals surface area contributed by atoms with Gasteiger partial charge < -0.3 is 9.73 Å².